The van der Waals surface area contributed by atoms with Gasteiger partial charge >= 0.3 is 0 Å². The summed E-state index contributed by atoms with van der Waals surface area (Å²) in [5.41, 5.74) is 0. The lowest BCUT2D eigenvalue weighted by Crippen LogP contribution is -2.47. The number of hydrogen-bond donors (Lipinski definition) is 0. The molecule has 0 bridgehead atoms. The molecule has 6 nitrogen and oxygen atoms in total. The number of amides is 1. The highest BCUT2D eigenvalue weighted by atomic mass is 16.5. The number of likely N-dealkylation sites (tertiary alicyclic amines) is 2. The van der Waals surface area contributed by atoms with E-state index in [1.807, 2.05) is 6.92 Å². The molecule has 0 aromatic carbocycles. The Hall–Kier alpha value is -1.43. The lowest BCUT2D eigenvalue weighted by atomic mass is 10.0. The maximum atomic E-state index is 12.2. The van der Waals surface area contributed by atoms with Crippen LogP contribution in [-0.4, -0.2) is 51.0 Å². The number of carbonyl (C=O) groups is 1. The molecule has 2 fully saturated rings. The minimum absolute atomic E-state index is 0.293. The maximum absolute atomic E-state index is 12.2. The van der Waals surface area contributed by atoms with Gasteiger partial charge in [0.2, 0.25) is 11.8 Å². The van der Waals surface area contributed by atoms with Gasteiger partial charge in [-0.15, -0.1) is 0 Å². The molecule has 1 aromatic heterocycles. The van der Waals surface area contributed by atoms with Crippen molar-refractivity contribution >= 4 is 5.91 Å². The van der Waals surface area contributed by atoms with Crippen LogP contribution >= 0.6 is 0 Å². The highest BCUT2D eigenvalue weighted by Gasteiger charge is 2.39. The number of nitrogens with zero attached hydrogens (tertiary/aromatic N) is 4. The fourth-order valence-corrected chi connectivity index (χ4v) is 4.17. The van der Waals surface area contributed by atoms with Crippen molar-refractivity contribution in [3.63, 3.8) is 0 Å². The van der Waals surface area contributed by atoms with Crippen molar-refractivity contribution in [2.45, 2.75) is 77.9 Å². The van der Waals surface area contributed by atoms with Crippen LogP contribution in [0.4, 0.5) is 0 Å². The Bertz CT molecular complexity index is 557. The van der Waals surface area contributed by atoms with E-state index >= 15 is 0 Å². The second kappa shape index (κ2) is 7.64. The van der Waals surface area contributed by atoms with E-state index in [1.54, 1.807) is 0 Å². The summed E-state index contributed by atoms with van der Waals surface area (Å²) in [5.74, 6) is 2.34. The first-order chi connectivity index (χ1) is 11.6. The predicted molar refractivity (Wildman–Crippen MR) is 91.3 cm³/mol. The summed E-state index contributed by atoms with van der Waals surface area (Å²) >= 11 is 0. The molecule has 3 rings (SSSR count). The Morgan fingerprint density at radius 1 is 1.25 bits per heavy atom. The van der Waals surface area contributed by atoms with Gasteiger partial charge < -0.3 is 9.42 Å². The van der Waals surface area contributed by atoms with Crippen molar-refractivity contribution in [2.24, 2.45) is 5.92 Å². The molecule has 2 aliphatic rings. The van der Waals surface area contributed by atoms with Crippen molar-refractivity contribution in [1.29, 1.82) is 0 Å². The predicted octanol–water partition coefficient (Wildman–Crippen LogP) is 2.63. The summed E-state index contributed by atoms with van der Waals surface area (Å²) in [7, 11) is 0. The SMILES string of the molecule is CCC(=O)N1CCC[C@H]1[C@H]1CCCN1Cc1nc(CC(C)C)no1. The average molecular weight is 334 g/mol. The first-order valence-electron chi connectivity index (χ1n) is 9.43. The Morgan fingerprint density at radius 2 is 2.00 bits per heavy atom. The van der Waals surface area contributed by atoms with E-state index in [0.717, 1.165) is 44.6 Å². The Morgan fingerprint density at radius 3 is 2.75 bits per heavy atom. The van der Waals surface area contributed by atoms with Crippen LogP contribution in [0.1, 0.15) is 64.6 Å². The summed E-state index contributed by atoms with van der Waals surface area (Å²) in [6, 6.07) is 0.793. The smallest absolute Gasteiger partial charge is 0.240 e. The van der Waals surface area contributed by atoms with Crippen LogP contribution in [0.5, 0.6) is 0 Å². The molecule has 0 N–H and O–H groups in total. The van der Waals surface area contributed by atoms with Crippen LogP contribution in [-0.2, 0) is 17.8 Å². The molecule has 24 heavy (non-hydrogen) atoms. The van der Waals surface area contributed by atoms with Crippen molar-refractivity contribution < 1.29 is 9.32 Å². The zero-order chi connectivity index (χ0) is 17.1. The quantitative estimate of drug-likeness (QED) is 0.800. The van der Waals surface area contributed by atoms with E-state index < -0.39 is 0 Å². The van der Waals surface area contributed by atoms with E-state index in [2.05, 4.69) is 33.8 Å². The summed E-state index contributed by atoms with van der Waals surface area (Å²) in [6.45, 7) is 8.95. The topological polar surface area (TPSA) is 62.5 Å². The number of hydrogen-bond acceptors (Lipinski definition) is 5. The molecular formula is C18H30N4O2. The molecule has 2 atom stereocenters. The van der Waals surface area contributed by atoms with Crippen molar-refractivity contribution in [2.75, 3.05) is 13.1 Å². The molecule has 0 unspecified atom stereocenters. The average Bonchev–Trinajstić information content (AvgIpc) is 3.26. The highest BCUT2D eigenvalue weighted by molar-refractivity contribution is 5.76. The second-order valence-electron chi connectivity index (χ2n) is 7.53. The van der Waals surface area contributed by atoms with Gasteiger partial charge in [-0.25, -0.2) is 0 Å². The van der Waals surface area contributed by atoms with Crippen LogP contribution in [0.25, 0.3) is 0 Å². The molecule has 0 saturated carbocycles. The Balaban J connectivity index is 1.65. The van der Waals surface area contributed by atoms with Crippen LogP contribution in [0.3, 0.4) is 0 Å². The van der Waals surface area contributed by atoms with Gasteiger partial charge in [0.25, 0.3) is 0 Å². The van der Waals surface area contributed by atoms with Gasteiger partial charge in [-0.2, -0.15) is 4.98 Å². The largest absolute Gasteiger partial charge is 0.338 e. The van der Waals surface area contributed by atoms with Gasteiger partial charge in [-0.1, -0.05) is 25.9 Å². The van der Waals surface area contributed by atoms with Crippen LogP contribution in [0.15, 0.2) is 4.52 Å². The lowest BCUT2D eigenvalue weighted by Gasteiger charge is -2.34. The van der Waals surface area contributed by atoms with Crippen LogP contribution in [0.2, 0.25) is 0 Å². The van der Waals surface area contributed by atoms with Crippen molar-refractivity contribution in [1.82, 2.24) is 19.9 Å². The van der Waals surface area contributed by atoms with E-state index in [4.69, 9.17) is 4.52 Å². The number of rotatable bonds is 6. The summed E-state index contributed by atoms with van der Waals surface area (Å²) in [4.78, 5) is 21.3. The van der Waals surface area contributed by atoms with Crippen molar-refractivity contribution in [3.8, 4) is 0 Å². The zero-order valence-corrected chi connectivity index (χ0v) is 15.2. The van der Waals surface area contributed by atoms with Crippen molar-refractivity contribution in [3.05, 3.63) is 11.7 Å². The van der Waals surface area contributed by atoms with E-state index in [-0.39, 0.29) is 0 Å². The molecule has 2 saturated heterocycles. The monoisotopic (exact) mass is 334 g/mol. The standard InChI is InChI=1S/C18H30N4O2/c1-4-18(23)22-10-6-8-15(22)14-7-5-9-21(14)12-17-19-16(20-24-17)11-13(2)3/h13-15H,4-12H2,1-3H3/t14-,15+/m1/s1. The molecular weight excluding hydrogens is 304 g/mol. The third-order valence-corrected chi connectivity index (χ3v) is 5.22. The minimum atomic E-state index is 0.293. The third kappa shape index (κ3) is 3.79. The maximum Gasteiger partial charge on any atom is 0.240 e. The molecule has 0 aliphatic carbocycles. The number of aromatic nitrogens is 2. The zero-order valence-electron chi connectivity index (χ0n) is 15.2. The molecule has 0 spiro atoms. The van der Waals surface area contributed by atoms with Gasteiger partial charge in [-0.3, -0.25) is 9.69 Å². The molecule has 0 radical (unpaired) electrons. The lowest BCUT2D eigenvalue weighted by molar-refractivity contribution is -0.132. The first kappa shape index (κ1) is 17.4. The highest BCUT2D eigenvalue weighted by Crippen LogP contribution is 2.31. The normalized spacial score (nSPS) is 25.1. The molecule has 134 valence electrons. The van der Waals surface area contributed by atoms with Gasteiger partial charge in [0.15, 0.2) is 5.82 Å². The van der Waals surface area contributed by atoms with Gasteiger partial charge in [-0.05, 0) is 38.1 Å². The van der Waals surface area contributed by atoms with Crippen LogP contribution < -0.4 is 0 Å². The first-order valence-corrected chi connectivity index (χ1v) is 9.43. The number of carbonyl (C=O) groups excluding carboxylic acids is 1. The van der Waals surface area contributed by atoms with E-state index in [0.29, 0.717) is 42.8 Å². The third-order valence-electron chi connectivity index (χ3n) is 5.22. The summed E-state index contributed by atoms with van der Waals surface area (Å²) in [6.07, 6.45) is 6.04. The molecule has 3 heterocycles. The molecule has 1 aromatic rings. The minimum Gasteiger partial charge on any atom is -0.338 e. The fraction of sp³-hybridized carbons (Fsp3) is 0.833. The van der Waals surface area contributed by atoms with Crippen LogP contribution in [0, 0.1) is 5.92 Å². The molecule has 6 heteroatoms. The second-order valence-corrected chi connectivity index (χ2v) is 7.53. The summed E-state index contributed by atoms with van der Waals surface area (Å²) in [5, 5.41) is 4.10. The fourth-order valence-electron chi connectivity index (χ4n) is 4.17. The van der Waals surface area contributed by atoms with E-state index in [9.17, 15) is 4.79 Å². The summed E-state index contributed by atoms with van der Waals surface area (Å²) < 4.78 is 5.45. The Kier molecular flexibility index (Phi) is 5.54. The van der Waals surface area contributed by atoms with E-state index in [1.165, 1.54) is 6.42 Å². The van der Waals surface area contributed by atoms with Gasteiger partial charge in [0.1, 0.15) is 0 Å². The molecule has 2 aliphatic heterocycles. The van der Waals surface area contributed by atoms with Gasteiger partial charge in [0.05, 0.1) is 6.54 Å². The Labute approximate surface area is 144 Å². The van der Waals surface area contributed by atoms with Gasteiger partial charge in [0, 0.05) is 31.5 Å². The molecule has 1 amide bonds.